The number of H-pyrrole nitrogens is 1. The molecule has 94 valence electrons. The quantitative estimate of drug-likeness (QED) is 0.530. The molecule has 9 heteroatoms. The Labute approximate surface area is 96.9 Å². The molecule has 0 aliphatic rings. The lowest BCUT2D eigenvalue weighted by atomic mass is 10.4. The van der Waals surface area contributed by atoms with E-state index >= 15 is 0 Å². The van der Waals surface area contributed by atoms with Crippen molar-refractivity contribution >= 4 is 21.9 Å². The highest BCUT2D eigenvalue weighted by Crippen LogP contribution is 2.11. The molecule has 1 amide bonds. The van der Waals surface area contributed by atoms with Crippen molar-refractivity contribution in [2.75, 3.05) is 0 Å². The fourth-order valence-corrected chi connectivity index (χ4v) is 2.22. The van der Waals surface area contributed by atoms with E-state index in [1.165, 1.54) is 6.92 Å². The van der Waals surface area contributed by atoms with Gasteiger partial charge in [0, 0.05) is 6.20 Å². The molecular weight excluding hydrogens is 250 g/mol. The lowest BCUT2D eigenvalue weighted by Crippen LogP contribution is -2.41. The molecule has 0 saturated heterocycles. The van der Waals surface area contributed by atoms with Crippen LogP contribution >= 0.6 is 0 Å². The Balaban J connectivity index is 2.97. The van der Waals surface area contributed by atoms with Crippen LogP contribution in [-0.4, -0.2) is 36.4 Å². The number of carbonyl (C=O) groups is 2. The van der Waals surface area contributed by atoms with Gasteiger partial charge >= 0.3 is 5.97 Å². The van der Waals surface area contributed by atoms with Crippen molar-refractivity contribution in [2.45, 2.75) is 17.9 Å². The maximum atomic E-state index is 11.7. The minimum absolute atomic E-state index is 0.267. The first-order valence-electron chi connectivity index (χ1n) is 4.47. The van der Waals surface area contributed by atoms with E-state index in [9.17, 15) is 18.0 Å². The number of carboxylic acids is 1. The first-order valence-corrected chi connectivity index (χ1v) is 5.95. The molecule has 0 aliphatic carbocycles. The van der Waals surface area contributed by atoms with E-state index in [4.69, 9.17) is 10.8 Å². The average Bonchev–Trinajstić information content (AvgIpc) is 2.65. The smallest absolute Gasteiger partial charge is 0.352 e. The van der Waals surface area contributed by atoms with Crippen LogP contribution in [0.5, 0.6) is 0 Å². The van der Waals surface area contributed by atoms with Crippen molar-refractivity contribution in [1.29, 1.82) is 0 Å². The third-order valence-corrected chi connectivity index (χ3v) is 3.48. The van der Waals surface area contributed by atoms with Gasteiger partial charge in [-0.2, -0.15) is 4.72 Å². The molecule has 1 rings (SSSR count). The summed E-state index contributed by atoms with van der Waals surface area (Å²) < 4.78 is 25.3. The van der Waals surface area contributed by atoms with Gasteiger partial charge in [0.1, 0.15) is 10.6 Å². The minimum Gasteiger partial charge on any atom is -0.477 e. The van der Waals surface area contributed by atoms with E-state index < -0.39 is 27.9 Å². The zero-order valence-corrected chi connectivity index (χ0v) is 9.61. The summed E-state index contributed by atoms with van der Waals surface area (Å²) in [7, 11) is -3.96. The van der Waals surface area contributed by atoms with Crippen LogP contribution in [0.25, 0.3) is 0 Å². The Morgan fingerprint density at radius 1 is 1.53 bits per heavy atom. The van der Waals surface area contributed by atoms with Gasteiger partial charge in [0.05, 0.1) is 6.04 Å². The van der Waals surface area contributed by atoms with Gasteiger partial charge in [0.15, 0.2) is 0 Å². The molecule has 0 aliphatic heterocycles. The van der Waals surface area contributed by atoms with Crippen LogP contribution in [0, 0.1) is 0 Å². The molecule has 8 nitrogen and oxygen atoms in total. The third-order valence-electron chi connectivity index (χ3n) is 1.96. The monoisotopic (exact) mass is 261 g/mol. The number of aromatic amines is 1. The van der Waals surface area contributed by atoms with Crippen LogP contribution < -0.4 is 10.5 Å². The summed E-state index contributed by atoms with van der Waals surface area (Å²) in [5, 5.41) is 8.61. The molecule has 0 saturated carbocycles. The fraction of sp³-hybridized carbons (Fsp3) is 0.250. The Morgan fingerprint density at radius 3 is 2.53 bits per heavy atom. The van der Waals surface area contributed by atoms with Gasteiger partial charge in [-0.15, -0.1) is 0 Å². The van der Waals surface area contributed by atoms with E-state index in [0.29, 0.717) is 0 Å². The predicted molar refractivity (Wildman–Crippen MR) is 56.7 cm³/mol. The maximum absolute atomic E-state index is 11.7. The molecule has 1 atom stereocenters. The van der Waals surface area contributed by atoms with Crippen molar-refractivity contribution in [3.8, 4) is 0 Å². The molecule has 0 radical (unpaired) electrons. The molecule has 1 heterocycles. The van der Waals surface area contributed by atoms with Crippen molar-refractivity contribution in [1.82, 2.24) is 9.71 Å². The summed E-state index contributed by atoms with van der Waals surface area (Å²) in [5.74, 6) is -2.11. The largest absolute Gasteiger partial charge is 0.477 e. The number of rotatable bonds is 5. The SMILES string of the molecule is CC(NS(=O)(=O)c1c[nH]c(C(=O)O)c1)C(N)=O. The van der Waals surface area contributed by atoms with Gasteiger partial charge < -0.3 is 15.8 Å². The molecule has 1 aromatic heterocycles. The fourth-order valence-electron chi connectivity index (χ4n) is 1.01. The lowest BCUT2D eigenvalue weighted by Gasteiger charge is -2.09. The van der Waals surface area contributed by atoms with Crippen LogP contribution in [0.4, 0.5) is 0 Å². The number of nitrogens with two attached hydrogens (primary N) is 1. The summed E-state index contributed by atoms with van der Waals surface area (Å²) >= 11 is 0. The maximum Gasteiger partial charge on any atom is 0.352 e. The summed E-state index contributed by atoms with van der Waals surface area (Å²) in [6, 6.07) is -0.138. The van der Waals surface area contributed by atoms with Crippen LogP contribution in [-0.2, 0) is 14.8 Å². The van der Waals surface area contributed by atoms with Gasteiger partial charge in [-0.3, -0.25) is 4.79 Å². The van der Waals surface area contributed by atoms with Crippen molar-refractivity contribution in [2.24, 2.45) is 5.73 Å². The van der Waals surface area contributed by atoms with E-state index in [2.05, 4.69) is 4.98 Å². The zero-order valence-electron chi connectivity index (χ0n) is 8.80. The third kappa shape index (κ3) is 3.04. The lowest BCUT2D eigenvalue weighted by molar-refractivity contribution is -0.119. The highest BCUT2D eigenvalue weighted by Gasteiger charge is 2.22. The number of nitrogens with one attached hydrogen (secondary N) is 2. The van der Waals surface area contributed by atoms with E-state index in [0.717, 1.165) is 12.3 Å². The standard InChI is InChI=1S/C8H11N3O5S/c1-4(7(9)12)11-17(15,16)5-2-6(8(13)14)10-3-5/h2-4,10-11H,1H3,(H2,9,12)(H,13,14). The summed E-state index contributed by atoms with van der Waals surface area (Å²) in [4.78, 5) is 23.3. The topological polar surface area (TPSA) is 142 Å². The van der Waals surface area contributed by atoms with Gasteiger partial charge in [0.25, 0.3) is 0 Å². The second-order valence-corrected chi connectivity index (χ2v) is 5.01. The molecule has 1 unspecified atom stereocenters. The Kier molecular flexibility index (Phi) is 3.53. The molecule has 0 bridgehead atoms. The van der Waals surface area contributed by atoms with Crippen molar-refractivity contribution in [3.05, 3.63) is 18.0 Å². The molecule has 1 aromatic rings. The summed E-state index contributed by atoms with van der Waals surface area (Å²) in [5.41, 5.74) is 4.64. The molecular formula is C8H11N3O5S. The highest BCUT2D eigenvalue weighted by molar-refractivity contribution is 7.89. The molecule has 0 spiro atoms. The minimum atomic E-state index is -3.96. The number of primary amides is 1. The predicted octanol–water partition coefficient (Wildman–Crippen LogP) is -1.13. The van der Waals surface area contributed by atoms with E-state index in [1.807, 2.05) is 4.72 Å². The second kappa shape index (κ2) is 4.55. The normalized spacial score (nSPS) is 13.2. The van der Waals surface area contributed by atoms with Crippen molar-refractivity contribution in [3.63, 3.8) is 0 Å². The van der Waals surface area contributed by atoms with Crippen LogP contribution in [0.15, 0.2) is 17.2 Å². The van der Waals surface area contributed by atoms with E-state index in [1.54, 1.807) is 0 Å². The number of amides is 1. The number of aromatic nitrogens is 1. The van der Waals surface area contributed by atoms with Gasteiger partial charge in [-0.05, 0) is 13.0 Å². The first kappa shape index (κ1) is 13.2. The Hall–Kier alpha value is -1.87. The van der Waals surface area contributed by atoms with E-state index in [-0.39, 0.29) is 10.6 Å². The van der Waals surface area contributed by atoms with Crippen LogP contribution in [0.1, 0.15) is 17.4 Å². The number of aromatic carboxylic acids is 1. The number of hydrogen-bond acceptors (Lipinski definition) is 4. The van der Waals surface area contributed by atoms with Crippen molar-refractivity contribution < 1.29 is 23.1 Å². The summed E-state index contributed by atoms with van der Waals surface area (Å²) in [6.45, 7) is 1.28. The van der Waals surface area contributed by atoms with Crippen LogP contribution in [0.3, 0.4) is 0 Å². The van der Waals surface area contributed by atoms with Gasteiger partial charge in [-0.1, -0.05) is 0 Å². The average molecular weight is 261 g/mol. The highest BCUT2D eigenvalue weighted by atomic mass is 32.2. The number of carboxylic acid groups (broad SMARTS) is 1. The number of carbonyl (C=O) groups excluding carboxylic acids is 1. The van der Waals surface area contributed by atoms with Crippen LogP contribution in [0.2, 0.25) is 0 Å². The number of hydrogen-bond donors (Lipinski definition) is 4. The molecule has 0 aromatic carbocycles. The first-order chi connectivity index (χ1) is 7.74. The number of sulfonamides is 1. The Morgan fingerprint density at radius 2 is 2.12 bits per heavy atom. The molecule has 17 heavy (non-hydrogen) atoms. The van der Waals surface area contributed by atoms with Gasteiger partial charge in [-0.25, -0.2) is 13.2 Å². The van der Waals surface area contributed by atoms with Gasteiger partial charge in [0.2, 0.25) is 15.9 Å². The zero-order chi connectivity index (χ0) is 13.2. The molecule has 5 N–H and O–H groups in total. The molecule has 0 fully saturated rings. The Bertz CT molecular complexity index is 547. The summed E-state index contributed by atoms with van der Waals surface area (Å²) in [6.07, 6.45) is 1.01. The second-order valence-electron chi connectivity index (χ2n) is 3.30.